The van der Waals surface area contributed by atoms with Crippen molar-refractivity contribution in [3.63, 3.8) is 0 Å². The molecule has 7 heteroatoms. The predicted octanol–water partition coefficient (Wildman–Crippen LogP) is 4.70. The molecule has 0 fully saturated rings. The molecule has 0 amide bonds. The van der Waals surface area contributed by atoms with E-state index in [9.17, 15) is 0 Å². The summed E-state index contributed by atoms with van der Waals surface area (Å²) in [5.74, 6) is 2.57. The number of hydrogen-bond acceptors (Lipinski definition) is 6. The molecule has 0 bridgehead atoms. The normalized spacial score (nSPS) is 10.6. The largest absolute Gasteiger partial charge is 0.493 e. The molecule has 24 heavy (non-hydrogen) atoms. The Balaban J connectivity index is 1.68. The van der Waals surface area contributed by atoms with Gasteiger partial charge >= 0.3 is 0 Å². The van der Waals surface area contributed by atoms with Crippen LogP contribution in [0.3, 0.4) is 0 Å². The number of rotatable bonds is 6. The molecular weight excluding hydrogens is 348 g/mol. The second-order valence-electron chi connectivity index (χ2n) is 4.87. The van der Waals surface area contributed by atoms with Crippen LogP contribution in [0.25, 0.3) is 11.5 Å². The highest BCUT2D eigenvalue weighted by molar-refractivity contribution is 7.98. The van der Waals surface area contributed by atoms with E-state index >= 15 is 0 Å². The Hall–Kier alpha value is -2.18. The van der Waals surface area contributed by atoms with Crippen molar-refractivity contribution in [3.05, 3.63) is 53.1 Å². The third-order valence-corrected chi connectivity index (χ3v) is 4.47. The highest BCUT2D eigenvalue weighted by Gasteiger charge is 2.10. The Morgan fingerprint density at radius 2 is 1.79 bits per heavy atom. The molecule has 1 heterocycles. The van der Waals surface area contributed by atoms with E-state index in [1.54, 1.807) is 26.4 Å². The molecule has 3 aromatic rings. The lowest BCUT2D eigenvalue weighted by molar-refractivity contribution is 0.354. The van der Waals surface area contributed by atoms with Crippen molar-refractivity contribution in [2.75, 3.05) is 14.2 Å². The summed E-state index contributed by atoms with van der Waals surface area (Å²) in [6.45, 7) is 0. The van der Waals surface area contributed by atoms with Gasteiger partial charge in [0.15, 0.2) is 11.5 Å². The second-order valence-corrected chi connectivity index (χ2v) is 6.25. The van der Waals surface area contributed by atoms with Gasteiger partial charge in [-0.1, -0.05) is 29.4 Å². The topological polar surface area (TPSA) is 57.4 Å². The standard InChI is InChI=1S/C17H15ClN2O3S/c1-21-14-8-3-11(9-15(14)22-2)10-24-17-19-16(23-20-17)12-4-6-13(18)7-5-12/h3-9H,10H2,1-2H3. The van der Waals surface area contributed by atoms with Gasteiger partial charge in [-0.2, -0.15) is 4.98 Å². The molecule has 2 aromatic carbocycles. The van der Waals surface area contributed by atoms with Crippen molar-refractivity contribution in [1.82, 2.24) is 10.1 Å². The van der Waals surface area contributed by atoms with Crippen LogP contribution < -0.4 is 9.47 Å². The fraction of sp³-hybridized carbons (Fsp3) is 0.176. The fourth-order valence-electron chi connectivity index (χ4n) is 2.10. The summed E-state index contributed by atoms with van der Waals surface area (Å²) < 4.78 is 15.8. The molecule has 0 aliphatic heterocycles. The average Bonchev–Trinajstić information content (AvgIpc) is 3.09. The zero-order valence-corrected chi connectivity index (χ0v) is 14.7. The Bertz CT molecular complexity index is 821. The van der Waals surface area contributed by atoms with Gasteiger partial charge in [0.2, 0.25) is 5.16 Å². The van der Waals surface area contributed by atoms with Crippen LogP contribution in [-0.4, -0.2) is 24.4 Å². The third-order valence-electron chi connectivity index (χ3n) is 3.31. The SMILES string of the molecule is COc1ccc(CSc2noc(-c3ccc(Cl)cc3)n2)cc1OC. The van der Waals surface area contributed by atoms with Gasteiger partial charge in [-0.25, -0.2) is 0 Å². The van der Waals surface area contributed by atoms with E-state index in [-0.39, 0.29) is 0 Å². The Labute approximate surface area is 148 Å². The van der Waals surface area contributed by atoms with Crippen LogP contribution in [0.1, 0.15) is 5.56 Å². The van der Waals surface area contributed by atoms with Crippen molar-refractivity contribution >= 4 is 23.4 Å². The number of aromatic nitrogens is 2. The number of halogens is 1. The fourth-order valence-corrected chi connectivity index (χ4v) is 2.94. The number of nitrogens with zero attached hydrogens (tertiary/aromatic N) is 2. The first kappa shape index (κ1) is 16.7. The lowest BCUT2D eigenvalue weighted by atomic mass is 10.2. The first-order valence-electron chi connectivity index (χ1n) is 7.13. The van der Waals surface area contributed by atoms with E-state index in [1.165, 1.54) is 11.8 Å². The summed E-state index contributed by atoms with van der Waals surface area (Å²) in [6.07, 6.45) is 0. The lowest BCUT2D eigenvalue weighted by Crippen LogP contribution is -1.92. The summed E-state index contributed by atoms with van der Waals surface area (Å²) in [7, 11) is 3.23. The van der Waals surface area contributed by atoms with Crippen LogP contribution in [0.2, 0.25) is 5.02 Å². The van der Waals surface area contributed by atoms with Gasteiger partial charge in [0.1, 0.15) is 0 Å². The van der Waals surface area contributed by atoms with Gasteiger partial charge in [-0.3, -0.25) is 0 Å². The minimum absolute atomic E-state index is 0.474. The van der Waals surface area contributed by atoms with Gasteiger partial charge in [-0.15, -0.1) is 0 Å². The van der Waals surface area contributed by atoms with Gasteiger partial charge in [0, 0.05) is 16.3 Å². The zero-order chi connectivity index (χ0) is 16.9. The van der Waals surface area contributed by atoms with Crippen LogP contribution in [0, 0.1) is 0 Å². The maximum atomic E-state index is 5.88. The maximum absolute atomic E-state index is 5.88. The molecule has 0 unspecified atom stereocenters. The summed E-state index contributed by atoms with van der Waals surface area (Å²) >= 11 is 7.36. The molecule has 0 saturated heterocycles. The summed E-state index contributed by atoms with van der Waals surface area (Å²) in [4.78, 5) is 4.39. The van der Waals surface area contributed by atoms with Crippen molar-refractivity contribution < 1.29 is 14.0 Å². The molecule has 5 nitrogen and oxygen atoms in total. The average molecular weight is 363 g/mol. The van der Waals surface area contributed by atoms with E-state index < -0.39 is 0 Å². The Morgan fingerprint density at radius 3 is 2.50 bits per heavy atom. The van der Waals surface area contributed by atoms with Crippen molar-refractivity contribution in [2.24, 2.45) is 0 Å². The number of hydrogen-bond donors (Lipinski definition) is 0. The van der Waals surface area contributed by atoms with Crippen molar-refractivity contribution in [2.45, 2.75) is 10.9 Å². The number of thioether (sulfide) groups is 1. The second kappa shape index (κ2) is 7.59. The number of ether oxygens (including phenoxy) is 2. The van der Waals surface area contributed by atoms with E-state index in [0.29, 0.717) is 33.3 Å². The molecule has 0 aliphatic rings. The Morgan fingerprint density at radius 1 is 1.04 bits per heavy atom. The van der Waals surface area contributed by atoms with E-state index in [0.717, 1.165) is 11.1 Å². The van der Waals surface area contributed by atoms with Crippen LogP contribution in [0.4, 0.5) is 0 Å². The minimum Gasteiger partial charge on any atom is -0.493 e. The van der Waals surface area contributed by atoms with Gasteiger partial charge < -0.3 is 14.0 Å². The van der Waals surface area contributed by atoms with Gasteiger partial charge in [0.05, 0.1) is 14.2 Å². The third kappa shape index (κ3) is 3.83. The summed E-state index contributed by atoms with van der Waals surface area (Å²) in [6, 6.07) is 13.1. The first-order chi connectivity index (χ1) is 11.7. The number of benzene rings is 2. The Kier molecular flexibility index (Phi) is 5.27. The van der Waals surface area contributed by atoms with Crippen LogP contribution >= 0.6 is 23.4 Å². The molecule has 124 valence electrons. The van der Waals surface area contributed by atoms with Gasteiger partial charge in [-0.05, 0) is 47.1 Å². The lowest BCUT2D eigenvalue weighted by Gasteiger charge is -2.08. The van der Waals surface area contributed by atoms with E-state index in [2.05, 4.69) is 10.1 Å². The highest BCUT2D eigenvalue weighted by atomic mass is 35.5. The molecular formula is C17H15ClN2O3S. The molecule has 3 rings (SSSR count). The highest BCUT2D eigenvalue weighted by Crippen LogP contribution is 2.30. The molecule has 0 saturated carbocycles. The van der Waals surface area contributed by atoms with Crippen molar-refractivity contribution in [1.29, 1.82) is 0 Å². The molecule has 0 radical (unpaired) electrons. The molecule has 1 aromatic heterocycles. The molecule has 0 spiro atoms. The molecule has 0 atom stereocenters. The quantitative estimate of drug-likeness (QED) is 0.592. The van der Waals surface area contributed by atoms with Crippen LogP contribution in [-0.2, 0) is 5.75 Å². The first-order valence-corrected chi connectivity index (χ1v) is 8.49. The minimum atomic E-state index is 0.474. The summed E-state index contributed by atoms with van der Waals surface area (Å²) in [5.41, 5.74) is 1.92. The maximum Gasteiger partial charge on any atom is 0.258 e. The van der Waals surface area contributed by atoms with Gasteiger partial charge in [0.25, 0.3) is 5.89 Å². The summed E-state index contributed by atoms with van der Waals surface area (Å²) in [5, 5.41) is 5.24. The monoisotopic (exact) mass is 362 g/mol. The van der Waals surface area contributed by atoms with E-state index in [4.69, 9.17) is 25.6 Å². The van der Waals surface area contributed by atoms with Crippen LogP contribution in [0.15, 0.2) is 52.1 Å². The van der Waals surface area contributed by atoms with E-state index in [1.807, 2.05) is 30.3 Å². The van der Waals surface area contributed by atoms with Crippen LogP contribution in [0.5, 0.6) is 11.5 Å². The predicted molar refractivity (Wildman–Crippen MR) is 93.9 cm³/mol. The number of methoxy groups -OCH3 is 2. The smallest absolute Gasteiger partial charge is 0.258 e. The van der Waals surface area contributed by atoms with Crippen molar-refractivity contribution in [3.8, 4) is 23.0 Å². The molecule has 0 aliphatic carbocycles. The molecule has 0 N–H and O–H groups in total. The zero-order valence-electron chi connectivity index (χ0n) is 13.2.